The van der Waals surface area contributed by atoms with E-state index in [1.54, 1.807) is 0 Å². The zero-order valence-corrected chi connectivity index (χ0v) is 11.3. The number of rotatable bonds is 3. The molecule has 1 saturated heterocycles. The van der Waals surface area contributed by atoms with E-state index in [0.29, 0.717) is 0 Å². The van der Waals surface area contributed by atoms with Crippen LogP contribution in [0.5, 0.6) is 0 Å². The van der Waals surface area contributed by atoms with E-state index in [0.717, 1.165) is 17.9 Å². The van der Waals surface area contributed by atoms with Gasteiger partial charge in [-0.05, 0) is 50.5 Å². The molecule has 2 fully saturated rings. The molecule has 1 heteroatoms. The second-order valence-electron chi connectivity index (χ2n) is 6.42. The average molecular weight is 223 g/mol. The Balaban J connectivity index is 1.80. The zero-order chi connectivity index (χ0) is 11.4. The van der Waals surface area contributed by atoms with Crippen LogP contribution in [0, 0.1) is 11.8 Å². The molecule has 0 amide bonds. The molecule has 0 radical (unpaired) electrons. The van der Waals surface area contributed by atoms with Crippen LogP contribution in [0.3, 0.4) is 0 Å². The van der Waals surface area contributed by atoms with Gasteiger partial charge in [-0.3, -0.25) is 0 Å². The molecule has 1 nitrogen and oxygen atoms in total. The van der Waals surface area contributed by atoms with Gasteiger partial charge in [-0.25, -0.2) is 0 Å². The van der Waals surface area contributed by atoms with Gasteiger partial charge in [0.1, 0.15) is 0 Å². The minimum atomic E-state index is 0.885. The SMILES string of the molecule is CC(C)CC1CCCN(C2CCCCC2)C1. The first-order valence-corrected chi connectivity index (χ1v) is 7.49. The molecule has 0 bridgehead atoms. The summed E-state index contributed by atoms with van der Waals surface area (Å²) in [6.45, 7) is 7.54. The average Bonchev–Trinajstić information content (AvgIpc) is 2.30. The van der Waals surface area contributed by atoms with Gasteiger partial charge in [0.05, 0.1) is 0 Å². The molecular formula is C15H29N. The lowest BCUT2D eigenvalue weighted by atomic mass is 9.86. The Bertz CT molecular complexity index is 194. The first-order valence-electron chi connectivity index (χ1n) is 7.49. The van der Waals surface area contributed by atoms with Crippen molar-refractivity contribution in [3.63, 3.8) is 0 Å². The van der Waals surface area contributed by atoms with Gasteiger partial charge in [-0.2, -0.15) is 0 Å². The van der Waals surface area contributed by atoms with Gasteiger partial charge >= 0.3 is 0 Å². The summed E-state index contributed by atoms with van der Waals surface area (Å²) in [5, 5.41) is 0. The molecule has 94 valence electrons. The molecule has 0 aromatic heterocycles. The molecule has 16 heavy (non-hydrogen) atoms. The minimum absolute atomic E-state index is 0.885. The maximum absolute atomic E-state index is 2.83. The van der Waals surface area contributed by atoms with Crippen molar-refractivity contribution in [2.24, 2.45) is 11.8 Å². The molecular weight excluding hydrogens is 194 g/mol. The Morgan fingerprint density at radius 1 is 1.00 bits per heavy atom. The Morgan fingerprint density at radius 2 is 1.75 bits per heavy atom. The fourth-order valence-corrected chi connectivity index (χ4v) is 3.73. The summed E-state index contributed by atoms with van der Waals surface area (Å²) >= 11 is 0. The Kier molecular flexibility index (Phi) is 4.69. The highest BCUT2D eigenvalue weighted by Gasteiger charge is 2.26. The van der Waals surface area contributed by atoms with E-state index in [1.807, 2.05) is 0 Å². The van der Waals surface area contributed by atoms with Crippen LogP contribution in [0.1, 0.15) is 65.2 Å². The van der Waals surface area contributed by atoms with Gasteiger partial charge in [0.2, 0.25) is 0 Å². The van der Waals surface area contributed by atoms with Gasteiger partial charge in [0, 0.05) is 12.6 Å². The van der Waals surface area contributed by atoms with Crippen molar-refractivity contribution in [1.82, 2.24) is 4.90 Å². The molecule has 0 N–H and O–H groups in total. The number of likely N-dealkylation sites (tertiary alicyclic amines) is 1. The lowest BCUT2D eigenvalue weighted by Crippen LogP contribution is -2.43. The largest absolute Gasteiger partial charge is 0.300 e. The van der Waals surface area contributed by atoms with E-state index in [2.05, 4.69) is 18.7 Å². The van der Waals surface area contributed by atoms with E-state index in [-0.39, 0.29) is 0 Å². The third-order valence-corrected chi connectivity index (χ3v) is 4.45. The van der Waals surface area contributed by atoms with Crippen LogP contribution in [0.25, 0.3) is 0 Å². The minimum Gasteiger partial charge on any atom is -0.300 e. The van der Waals surface area contributed by atoms with Gasteiger partial charge in [-0.15, -0.1) is 0 Å². The van der Waals surface area contributed by atoms with Crippen LogP contribution in [0.4, 0.5) is 0 Å². The Hall–Kier alpha value is -0.0400. The normalized spacial score (nSPS) is 29.8. The van der Waals surface area contributed by atoms with E-state index >= 15 is 0 Å². The summed E-state index contributed by atoms with van der Waals surface area (Å²) in [6.07, 6.45) is 11.8. The highest BCUT2D eigenvalue weighted by Crippen LogP contribution is 2.29. The predicted octanol–water partition coefficient (Wildman–Crippen LogP) is 4.08. The predicted molar refractivity (Wildman–Crippen MR) is 70.6 cm³/mol. The van der Waals surface area contributed by atoms with Crippen molar-refractivity contribution in [3.05, 3.63) is 0 Å². The van der Waals surface area contributed by atoms with Crippen LogP contribution < -0.4 is 0 Å². The second-order valence-corrected chi connectivity index (χ2v) is 6.42. The lowest BCUT2D eigenvalue weighted by Gasteiger charge is -2.40. The van der Waals surface area contributed by atoms with E-state index in [1.165, 1.54) is 64.5 Å². The molecule has 1 unspecified atom stereocenters. The fraction of sp³-hybridized carbons (Fsp3) is 1.00. The van der Waals surface area contributed by atoms with Crippen LogP contribution in [0.2, 0.25) is 0 Å². The zero-order valence-electron chi connectivity index (χ0n) is 11.3. The Labute approximate surface area is 102 Å². The topological polar surface area (TPSA) is 3.24 Å². The molecule has 0 aromatic rings. The van der Waals surface area contributed by atoms with Gasteiger partial charge in [0.15, 0.2) is 0 Å². The maximum atomic E-state index is 2.83. The summed E-state index contributed by atoms with van der Waals surface area (Å²) in [5.74, 6) is 1.88. The molecule has 1 aliphatic heterocycles. The first-order chi connectivity index (χ1) is 7.75. The van der Waals surface area contributed by atoms with Gasteiger partial charge < -0.3 is 4.90 Å². The third kappa shape index (κ3) is 3.48. The summed E-state index contributed by atoms with van der Waals surface area (Å²) in [5.41, 5.74) is 0. The monoisotopic (exact) mass is 223 g/mol. The molecule has 2 rings (SSSR count). The number of hydrogen-bond donors (Lipinski definition) is 0. The van der Waals surface area contributed by atoms with Crippen LogP contribution in [-0.4, -0.2) is 24.0 Å². The van der Waals surface area contributed by atoms with E-state index in [9.17, 15) is 0 Å². The molecule has 0 aromatic carbocycles. The number of piperidine rings is 1. The van der Waals surface area contributed by atoms with Gasteiger partial charge in [-0.1, -0.05) is 33.1 Å². The highest BCUT2D eigenvalue weighted by molar-refractivity contribution is 4.81. The lowest BCUT2D eigenvalue weighted by molar-refractivity contribution is 0.0910. The molecule has 1 saturated carbocycles. The van der Waals surface area contributed by atoms with Gasteiger partial charge in [0.25, 0.3) is 0 Å². The van der Waals surface area contributed by atoms with Crippen molar-refractivity contribution < 1.29 is 0 Å². The quantitative estimate of drug-likeness (QED) is 0.697. The molecule has 2 aliphatic rings. The molecule has 1 heterocycles. The smallest absolute Gasteiger partial charge is 0.00953 e. The summed E-state index contributed by atoms with van der Waals surface area (Å²) in [4.78, 5) is 2.83. The van der Waals surface area contributed by atoms with E-state index in [4.69, 9.17) is 0 Å². The van der Waals surface area contributed by atoms with Crippen LogP contribution >= 0.6 is 0 Å². The first kappa shape index (κ1) is 12.4. The van der Waals surface area contributed by atoms with Crippen molar-refractivity contribution in [1.29, 1.82) is 0 Å². The Morgan fingerprint density at radius 3 is 2.44 bits per heavy atom. The molecule has 1 atom stereocenters. The fourth-order valence-electron chi connectivity index (χ4n) is 3.73. The van der Waals surface area contributed by atoms with Crippen molar-refractivity contribution >= 4 is 0 Å². The highest BCUT2D eigenvalue weighted by atomic mass is 15.2. The second kappa shape index (κ2) is 6.05. The molecule has 0 spiro atoms. The van der Waals surface area contributed by atoms with Crippen molar-refractivity contribution in [2.75, 3.05) is 13.1 Å². The number of hydrogen-bond acceptors (Lipinski definition) is 1. The summed E-state index contributed by atoms with van der Waals surface area (Å²) in [7, 11) is 0. The third-order valence-electron chi connectivity index (χ3n) is 4.45. The van der Waals surface area contributed by atoms with Crippen molar-refractivity contribution in [2.45, 2.75) is 71.3 Å². The van der Waals surface area contributed by atoms with Crippen molar-refractivity contribution in [3.8, 4) is 0 Å². The molecule has 1 aliphatic carbocycles. The maximum Gasteiger partial charge on any atom is 0.00953 e. The van der Waals surface area contributed by atoms with E-state index < -0.39 is 0 Å². The summed E-state index contributed by atoms with van der Waals surface area (Å²) < 4.78 is 0. The number of nitrogens with zero attached hydrogens (tertiary/aromatic N) is 1. The van der Waals surface area contributed by atoms with Crippen LogP contribution in [-0.2, 0) is 0 Å². The standard InChI is InChI=1S/C15H29N/c1-13(2)11-14-7-6-10-16(12-14)15-8-4-3-5-9-15/h13-15H,3-12H2,1-2H3. The van der Waals surface area contributed by atoms with Crippen LogP contribution in [0.15, 0.2) is 0 Å². The summed E-state index contributed by atoms with van der Waals surface area (Å²) in [6, 6.07) is 0.948.